The Morgan fingerprint density at radius 1 is 1.04 bits per heavy atom. The fraction of sp³-hybridized carbons (Fsp3) is 0.0500. The first kappa shape index (κ1) is 15.8. The minimum absolute atomic E-state index is 0.246. The molecule has 128 valence electrons. The Bertz CT molecular complexity index is 1090. The van der Waals surface area contributed by atoms with Gasteiger partial charge in [-0.2, -0.15) is 9.61 Å². The third-order valence-corrected chi connectivity index (χ3v) is 4.02. The van der Waals surface area contributed by atoms with Gasteiger partial charge in [-0.3, -0.25) is 0 Å². The number of rotatable bonds is 4. The highest BCUT2D eigenvalue weighted by molar-refractivity contribution is 5.88. The van der Waals surface area contributed by atoms with Gasteiger partial charge < -0.3 is 10.4 Å². The van der Waals surface area contributed by atoms with Crippen molar-refractivity contribution in [3.8, 4) is 11.3 Å². The van der Waals surface area contributed by atoms with Gasteiger partial charge in [0.15, 0.2) is 5.65 Å². The highest BCUT2D eigenvalue weighted by atomic mass is 16.4. The number of hydrogen-bond donors (Lipinski definition) is 2. The first-order chi connectivity index (χ1) is 12.6. The van der Waals surface area contributed by atoms with Gasteiger partial charge in [-0.05, 0) is 31.2 Å². The molecule has 2 aromatic carbocycles. The maximum Gasteiger partial charge on any atom is 0.335 e. The van der Waals surface area contributed by atoms with E-state index in [9.17, 15) is 4.79 Å². The summed E-state index contributed by atoms with van der Waals surface area (Å²) in [4.78, 5) is 15.7. The van der Waals surface area contributed by atoms with E-state index in [4.69, 9.17) is 5.11 Å². The molecule has 0 spiro atoms. The molecule has 0 saturated heterocycles. The molecule has 0 aliphatic heterocycles. The molecule has 0 radical (unpaired) electrons. The summed E-state index contributed by atoms with van der Waals surface area (Å²) >= 11 is 0. The SMILES string of the molecule is Cc1cc2nc(-c3ccccc3)cc(Nc3ccc(C(=O)O)cc3)n2n1. The zero-order valence-corrected chi connectivity index (χ0v) is 14.0. The number of hydrogen-bond acceptors (Lipinski definition) is 4. The van der Waals surface area contributed by atoms with E-state index in [-0.39, 0.29) is 5.56 Å². The van der Waals surface area contributed by atoms with Crippen molar-refractivity contribution >= 4 is 23.1 Å². The van der Waals surface area contributed by atoms with Gasteiger partial charge >= 0.3 is 5.97 Å². The van der Waals surface area contributed by atoms with Gasteiger partial charge in [-0.25, -0.2) is 9.78 Å². The zero-order chi connectivity index (χ0) is 18.1. The predicted octanol–water partition coefficient (Wildman–Crippen LogP) is 4.15. The second kappa shape index (κ2) is 6.33. The molecule has 4 aromatic rings. The molecule has 2 aromatic heterocycles. The highest BCUT2D eigenvalue weighted by Crippen LogP contribution is 2.25. The third-order valence-electron chi connectivity index (χ3n) is 4.02. The lowest BCUT2D eigenvalue weighted by Crippen LogP contribution is -2.03. The lowest BCUT2D eigenvalue weighted by molar-refractivity contribution is 0.0697. The van der Waals surface area contributed by atoms with Crippen LogP contribution in [0.5, 0.6) is 0 Å². The molecule has 2 heterocycles. The van der Waals surface area contributed by atoms with Crippen molar-refractivity contribution in [1.29, 1.82) is 0 Å². The highest BCUT2D eigenvalue weighted by Gasteiger charge is 2.10. The molecular formula is C20H16N4O2. The number of aromatic carboxylic acids is 1. The van der Waals surface area contributed by atoms with E-state index in [1.807, 2.05) is 49.4 Å². The molecule has 0 amide bonds. The monoisotopic (exact) mass is 344 g/mol. The summed E-state index contributed by atoms with van der Waals surface area (Å²) in [6.07, 6.45) is 0. The summed E-state index contributed by atoms with van der Waals surface area (Å²) in [6.45, 7) is 1.92. The minimum Gasteiger partial charge on any atom is -0.478 e. The molecule has 0 aliphatic carbocycles. The molecular weight excluding hydrogens is 328 g/mol. The fourth-order valence-electron chi connectivity index (χ4n) is 2.78. The predicted molar refractivity (Wildman–Crippen MR) is 99.8 cm³/mol. The Hall–Kier alpha value is -3.67. The lowest BCUT2D eigenvalue weighted by atomic mass is 10.1. The number of fused-ring (bicyclic) bond motifs is 1. The van der Waals surface area contributed by atoms with Crippen LogP contribution in [-0.4, -0.2) is 25.7 Å². The largest absolute Gasteiger partial charge is 0.478 e. The van der Waals surface area contributed by atoms with Crippen LogP contribution in [0.3, 0.4) is 0 Å². The maximum atomic E-state index is 11.0. The standard InChI is InChI=1S/C20H16N4O2/c1-13-11-18-22-17(14-5-3-2-4-6-14)12-19(24(18)23-13)21-16-9-7-15(8-10-16)20(25)26/h2-12,21H,1H3,(H,25,26). The Morgan fingerprint density at radius 2 is 1.77 bits per heavy atom. The number of benzene rings is 2. The third kappa shape index (κ3) is 3.00. The molecule has 0 unspecified atom stereocenters. The summed E-state index contributed by atoms with van der Waals surface area (Å²) in [5.41, 5.74) is 4.48. The van der Waals surface area contributed by atoms with E-state index >= 15 is 0 Å². The fourth-order valence-corrected chi connectivity index (χ4v) is 2.78. The number of aryl methyl sites for hydroxylation is 1. The second-order valence-electron chi connectivity index (χ2n) is 5.96. The van der Waals surface area contributed by atoms with Crippen LogP contribution in [0.2, 0.25) is 0 Å². The number of carbonyl (C=O) groups is 1. The van der Waals surface area contributed by atoms with Crippen LogP contribution in [0.25, 0.3) is 16.9 Å². The smallest absolute Gasteiger partial charge is 0.335 e. The van der Waals surface area contributed by atoms with Gasteiger partial charge in [0.25, 0.3) is 0 Å². The molecule has 0 saturated carbocycles. The van der Waals surface area contributed by atoms with Crippen LogP contribution >= 0.6 is 0 Å². The van der Waals surface area contributed by atoms with Crippen LogP contribution in [-0.2, 0) is 0 Å². The van der Waals surface area contributed by atoms with Gasteiger partial charge in [-0.1, -0.05) is 30.3 Å². The average Bonchev–Trinajstić information content (AvgIpc) is 3.03. The molecule has 2 N–H and O–H groups in total. The van der Waals surface area contributed by atoms with Crippen LogP contribution in [0.1, 0.15) is 16.1 Å². The molecule has 0 bridgehead atoms. The van der Waals surface area contributed by atoms with E-state index in [1.54, 1.807) is 28.8 Å². The minimum atomic E-state index is -0.947. The Kier molecular flexibility index (Phi) is 3.85. The first-order valence-electron chi connectivity index (χ1n) is 8.13. The zero-order valence-electron chi connectivity index (χ0n) is 14.0. The number of anilines is 2. The summed E-state index contributed by atoms with van der Waals surface area (Å²) < 4.78 is 1.74. The number of nitrogens with one attached hydrogen (secondary N) is 1. The number of nitrogens with zero attached hydrogens (tertiary/aromatic N) is 3. The average molecular weight is 344 g/mol. The normalized spacial score (nSPS) is 10.8. The number of carboxylic acid groups (broad SMARTS) is 1. The molecule has 6 heteroatoms. The van der Waals surface area contributed by atoms with Crippen LogP contribution < -0.4 is 5.32 Å². The van der Waals surface area contributed by atoms with Gasteiger partial charge in [0.1, 0.15) is 5.82 Å². The molecule has 0 aliphatic rings. The van der Waals surface area contributed by atoms with Gasteiger partial charge in [-0.15, -0.1) is 0 Å². The molecule has 0 fully saturated rings. The van der Waals surface area contributed by atoms with Crippen molar-refractivity contribution in [3.05, 3.63) is 78.0 Å². The van der Waals surface area contributed by atoms with E-state index in [1.165, 1.54) is 0 Å². The number of aromatic nitrogens is 3. The Balaban J connectivity index is 1.78. The van der Waals surface area contributed by atoms with Gasteiger partial charge in [0, 0.05) is 23.4 Å². The maximum absolute atomic E-state index is 11.0. The summed E-state index contributed by atoms with van der Waals surface area (Å²) in [5.74, 6) is -0.193. The topological polar surface area (TPSA) is 79.5 Å². The van der Waals surface area contributed by atoms with Crippen LogP contribution in [0.4, 0.5) is 11.5 Å². The molecule has 0 atom stereocenters. The van der Waals surface area contributed by atoms with Crippen molar-refractivity contribution in [1.82, 2.24) is 14.6 Å². The quantitative estimate of drug-likeness (QED) is 0.581. The van der Waals surface area contributed by atoms with E-state index in [0.717, 1.165) is 34.1 Å². The Labute approximate surface area is 149 Å². The molecule has 4 rings (SSSR count). The molecule has 6 nitrogen and oxygen atoms in total. The van der Waals surface area contributed by atoms with Crippen molar-refractivity contribution in [2.24, 2.45) is 0 Å². The van der Waals surface area contributed by atoms with E-state index in [0.29, 0.717) is 0 Å². The lowest BCUT2D eigenvalue weighted by Gasteiger charge is -2.11. The van der Waals surface area contributed by atoms with E-state index < -0.39 is 5.97 Å². The summed E-state index contributed by atoms with van der Waals surface area (Å²) in [5, 5.41) is 16.8. The molecule has 26 heavy (non-hydrogen) atoms. The van der Waals surface area contributed by atoms with Crippen molar-refractivity contribution in [3.63, 3.8) is 0 Å². The summed E-state index contributed by atoms with van der Waals surface area (Å²) in [6, 6.07) is 20.4. The van der Waals surface area contributed by atoms with Crippen molar-refractivity contribution < 1.29 is 9.90 Å². The van der Waals surface area contributed by atoms with Gasteiger partial charge in [0.05, 0.1) is 17.0 Å². The van der Waals surface area contributed by atoms with Crippen LogP contribution in [0.15, 0.2) is 66.7 Å². The van der Waals surface area contributed by atoms with E-state index in [2.05, 4.69) is 15.4 Å². The number of carboxylic acids is 1. The summed E-state index contributed by atoms with van der Waals surface area (Å²) in [7, 11) is 0. The van der Waals surface area contributed by atoms with Crippen molar-refractivity contribution in [2.75, 3.05) is 5.32 Å². The van der Waals surface area contributed by atoms with Gasteiger partial charge in [0.2, 0.25) is 0 Å². The van der Waals surface area contributed by atoms with Crippen LogP contribution in [0, 0.1) is 6.92 Å². The first-order valence-corrected chi connectivity index (χ1v) is 8.13. The Morgan fingerprint density at radius 3 is 2.46 bits per heavy atom. The van der Waals surface area contributed by atoms with Crippen molar-refractivity contribution in [2.45, 2.75) is 6.92 Å². The second-order valence-corrected chi connectivity index (χ2v) is 5.96.